The second-order valence-corrected chi connectivity index (χ2v) is 19.2. The van der Waals surface area contributed by atoms with Crippen LogP contribution in [0.4, 0.5) is 0 Å². The number of hydrogen-bond acceptors (Lipinski definition) is 6. The summed E-state index contributed by atoms with van der Waals surface area (Å²) in [5.41, 5.74) is 3.67. The van der Waals surface area contributed by atoms with Crippen LogP contribution in [0, 0.1) is 46.3 Å². The van der Waals surface area contributed by atoms with E-state index in [4.69, 9.17) is 4.74 Å². The molecule has 0 aromatic carbocycles. The van der Waals surface area contributed by atoms with E-state index >= 15 is 0 Å². The largest absolute Gasteiger partial charge is 0.466 e. The first-order chi connectivity index (χ1) is 21.9. The van der Waals surface area contributed by atoms with Crippen LogP contribution in [0.2, 0.25) is 0 Å². The van der Waals surface area contributed by atoms with Crippen LogP contribution >= 0.6 is 0 Å². The van der Waals surface area contributed by atoms with E-state index in [0.717, 1.165) is 55.5 Å². The average Bonchev–Trinajstić information content (AvgIpc) is 3.45. The summed E-state index contributed by atoms with van der Waals surface area (Å²) in [5, 5.41) is 4.15. The Morgan fingerprint density at radius 3 is 2.43 bits per heavy atom. The molecule has 1 N–H and O–H groups in total. The smallest absolute Gasteiger partial charge is 0.306 e. The molecule has 1 heterocycles. The molecule has 0 amide bonds. The first kappa shape index (κ1) is 34.7. The zero-order chi connectivity index (χ0) is 32.7. The van der Waals surface area contributed by atoms with Crippen molar-refractivity contribution in [2.75, 3.05) is 44.3 Å². The lowest BCUT2D eigenvalue weighted by molar-refractivity contribution is -0.143. The van der Waals surface area contributed by atoms with Crippen LogP contribution in [0.5, 0.6) is 0 Å². The zero-order valence-corrected chi connectivity index (χ0v) is 30.6. The Bertz CT molecular complexity index is 1270. The molecule has 0 aromatic heterocycles. The molecule has 1 saturated heterocycles. The van der Waals surface area contributed by atoms with Gasteiger partial charge in [-0.3, -0.25) is 4.79 Å². The first-order valence-electron chi connectivity index (χ1n) is 19.2. The molecule has 0 spiro atoms. The van der Waals surface area contributed by atoms with Crippen molar-refractivity contribution in [3.63, 3.8) is 0 Å². The molecule has 0 bridgehead atoms. The molecule has 260 valence electrons. The molecule has 0 radical (unpaired) electrons. The van der Waals surface area contributed by atoms with Crippen molar-refractivity contribution in [2.45, 2.75) is 124 Å². The van der Waals surface area contributed by atoms with E-state index in [-0.39, 0.29) is 11.4 Å². The van der Waals surface area contributed by atoms with Crippen LogP contribution < -0.4 is 5.32 Å². The van der Waals surface area contributed by atoms with Gasteiger partial charge in [-0.15, -0.1) is 0 Å². The van der Waals surface area contributed by atoms with Crippen LogP contribution in [-0.4, -0.2) is 69.1 Å². The van der Waals surface area contributed by atoms with Gasteiger partial charge in [-0.25, -0.2) is 8.42 Å². The number of hydrogen-bond donors (Lipinski definition) is 1. The SMILES string of the molecule is CC/C=C(\CCC(=O)OCC)C1=CC[C@]2(C)C3CCC4C(CC[C@@]5(NCCN6CCS(=O)(=O)CC6)CCCC45)C3CCC2C1(C)C. The third-order valence-corrected chi connectivity index (χ3v) is 16.1. The number of esters is 1. The van der Waals surface area contributed by atoms with Crippen molar-refractivity contribution < 1.29 is 17.9 Å². The van der Waals surface area contributed by atoms with Crippen molar-refractivity contribution in [3.8, 4) is 0 Å². The van der Waals surface area contributed by atoms with E-state index in [1.54, 1.807) is 0 Å². The molecule has 6 unspecified atom stereocenters. The number of sulfone groups is 1. The molecule has 4 saturated carbocycles. The van der Waals surface area contributed by atoms with Crippen molar-refractivity contribution in [1.29, 1.82) is 0 Å². The standard InChI is InChI=1S/C39H64N2O4S/c1-6-9-28(11-16-36(42)45-7-2)32-18-20-38(5)33-14-12-31-29(30(33)13-15-35(38)37(32,3)4)17-21-39(19-8-10-34(31)39)40-22-23-41-24-26-46(43,44)27-25-41/h9,18,29-31,33-35,40H,6-8,10-17,19-27H2,1-5H3/b28-9+/t29?,30?,31?,33?,34?,35?,38-,39+/m1/s1. The lowest BCUT2D eigenvalue weighted by Crippen LogP contribution is -2.61. The molecule has 8 atom stereocenters. The Kier molecular flexibility index (Phi) is 10.3. The highest BCUT2D eigenvalue weighted by atomic mass is 32.2. The maximum absolute atomic E-state index is 12.3. The van der Waals surface area contributed by atoms with Gasteiger partial charge in [0.05, 0.1) is 18.1 Å². The molecule has 6 aliphatic rings. The molecule has 7 heteroatoms. The van der Waals surface area contributed by atoms with Gasteiger partial charge in [-0.2, -0.15) is 0 Å². The second kappa shape index (κ2) is 13.6. The van der Waals surface area contributed by atoms with Gasteiger partial charge >= 0.3 is 5.97 Å². The molecule has 6 rings (SSSR count). The van der Waals surface area contributed by atoms with Gasteiger partial charge in [0.2, 0.25) is 0 Å². The Morgan fingerprint density at radius 1 is 0.957 bits per heavy atom. The van der Waals surface area contributed by atoms with E-state index in [1.807, 2.05) is 6.92 Å². The first-order valence-corrected chi connectivity index (χ1v) is 21.0. The molecule has 6 nitrogen and oxygen atoms in total. The Morgan fingerprint density at radius 2 is 1.70 bits per heavy atom. The number of nitrogens with zero attached hydrogens (tertiary/aromatic N) is 1. The van der Waals surface area contributed by atoms with Crippen molar-refractivity contribution in [3.05, 3.63) is 23.3 Å². The summed E-state index contributed by atoms with van der Waals surface area (Å²) in [6.07, 6.45) is 20.8. The molecule has 5 fully saturated rings. The van der Waals surface area contributed by atoms with Gasteiger partial charge in [0.25, 0.3) is 0 Å². The number of nitrogens with one attached hydrogen (secondary N) is 1. The average molecular weight is 657 g/mol. The van der Waals surface area contributed by atoms with Crippen LogP contribution in [0.1, 0.15) is 118 Å². The number of fused-ring (bicyclic) bond motifs is 7. The van der Waals surface area contributed by atoms with Crippen LogP contribution in [-0.2, 0) is 19.4 Å². The van der Waals surface area contributed by atoms with Crippen molar-refractivity contribution in [2.24, 2.45) is 46.3 Å². The van der Waals surface area contributed by atoms with Gasteiger partial charge in [0.15, 0.2) is 9.84 Å². The van der Waals surface area contributed by atoms with E-state index in [1.165, 1.54) is 75.4 Å². The minimum Gasteiger partial charge on any atom is -0.466 e. The summed E-state index contributed by atoms with van der Waals surface area (Å²) in [6, 6.07) is 0. The number of carbonyl (C=O) groups excluding carboxylic acids is 1. The van der Waals surface area contributed by atoms with Gasteiger partial charge in [-0.1, -0.05) is 46.3 Å². The van der Waals surface area contributed by atoms with Crippen LogP contribution in [0.15, 0.2) is 23.3 Å². The number of ether oxygens (including phenoxy) is 1. The Hall–Kier alpha value is -1.18. The highest BCUT2D eigenvalue weighted by Crippen LogP contribution is 2.68. The zero-order valence-electron chi connectivity index (χ0n) is 29.7. The Balaban J connectivity index is 1.13. The quantitative estimate of drug-likeness (QED) is 0.248. The van der Waals surface area contributed by atoms with Gasteiger partial charge in [-0.05, 0) is 135 Å². The maximum Gasteiger partial charge on any atom is 0.306 e. The molecule has 5 aliphatic carbocycles. The molecule has 1 aliphatic heterocycles. The van der Waals surface area contributed by atoms with Crippen molar-refractivity contribution >= 4 is 15.8 Å². The topological polar surface area (TPSA) is 75.7 Å². The number of rotatable bonds is 10. The normalized spacial score (nSPS) is 40.2. The Labute approximate surface area is 280 Å². The fourth-order valence-corrected chi connectivity index (χ4v) is 13.9. The summed E-state index contributed by atoms with van der Waals surface area (Å²) in [6.45, 7) is 15.6. The van der Waals surface area contributed by atoms with E-state index in [9.17, 15) is 13.2 Å². The van der Waals surface area contributed by atoms with E-state index in [2.05, 4.69) is 50.1 Å². The predicted molar refractivity (Wildman–Crippen MR) is 187 cm³/mol. The summed E-state index contributed by atoms with van der Waals surface area (Å²) in [4.78, 5) is 14.6. The van der Waals surface area contributed by atoms with E-state index in [0.29, 0.717) is 54.5 Å². The lowest BCUT2D eigenvalue weighted by atomic mass is 9.41. The van der Waals surface area contributed by atoms with Crippen molar-refractivity contribution in [1.82, 2.24) is 10.2 Å². The minimum atomic E-state index is -2.82. The molecular formula is C39H64N2O4S. The fraction of sp³-hybridized carbons (Fsp3) is 0.872. The highest BCUT2D eigenvalue weighted by molar-refractivity contribution is 7.91. The minimum absolute atomic E-state index is 0.0746. The molecular weight excluding hydrogens is 593 g/mol. The monoisotopic (exact) mass is 656 g/mol. The van der Waals surface area contributed by atoms with Crippen LogP contribution in [0.25, 0.3) is 0 Å². The summed E-state index contributed by atoms with van der Waals surface area (Å²) >= 11 is 0. The lowest BCUT2D eigenvalue weighted by Gasteiger charge is -2.64. The van der Waals surface area contributed by atoms with Gasteiger partial charge in [0.1, 0.15) is 0 Å². The fourth-order valence-electron chi connectivity index (χ4n) is 12.6. The highest BCUT2D eigenvalue weighted by Gasteiger charge is 2.61. The third kappa shape index (κ3) is 6.44. The maximum atomic E-state index is 12.3. The van der Waals surface area contributed by atoms with Gasteiger partial charge < -0.3 is 15.0 Å². The number of allylic oxidation sites excluding steroid dienone is 4. The molecule has 0 aromatic rings. The van der Waals surface area contributed by atoms with Gasteiger partial charge in [0, 0.05) is 38.1 Å². The summed E-state index contributed by atoms with van der Waals surface area (Å²) < 4.78 is 29.1. The predicted octanol–water partition coefficient (Wildman–Crippen LogP) is 7.35. The van der Waals surface area contributed by atoms with E-state index < -0.39 is 9.84 Å². The number of carbonyl (C=O) groups is 1. The second-order valence-electron chi connectivity index (χ2n) is 16.9. The summed E-state index contributed by atoms with van der Waals surface area (Å²) in [7, 11) is -2.82. The molecule has 46 heavy (non-hydrogen) atoms. The third-order valence-electron chi connectivity index (χ3n) is 14.5. The van der Waals surface area contributed by atoms with Crippen LogP contribution in [0.3, 0.4) is 0 Å². The summed E-state index contributed by atoms with van der Waals surface area (Å²) in [5.74, 6) is 5.52.